The molecule has 1 fully saturated rings. The molecule has 0 bridgehead atoms. The molecule has 17 heavy (non-hydrogen) atoms. The monoisotopic (exact) mass is 227 g/mol. The van der Waals surface area contributed by atoms with Crippen molar-refractivity contribution in [2.75, 3.05) is 13.6 Å². The zero-order chi connectivity index (χ0) is 11.9. The molecule has 2 heteroatoms. The molecule has 2 aliphatic rings. The molecule has 2 nitrogen and oxygen atoms in total. The molecule has 1 heterocycles. The summed E-state index contributed by atoms with van der Waals surface area (Å²) >= 11 is 0. The molecule has 1 unspecified atom stereocenters. The van der Waals surface area contributed by atoms with Crippen LogP contribution in [-0.2, 0) is 4.79 Å². The summed E-state index contributed by atoms with van der Waals surface area (Å²) in [6.45, 7) is 0.911. The number of carbonyl (C=O) groups excluding carboxylic acids is 1. The van der Waals surface area contributed by atoms with Gasteiger partial charge in [0.1, 0.15) is 0 Å². The Balaban J connectivity index is 1.84. The standard InChI is InChI=1S/C15H17NO/c1-16-10-9-15(14(16)17)8-7-13(11-15)12-5-3-2-4-6-12/h2-7H,8-11H2,1H3. The maximum absolute atomic E-state index is 12.2. The number of likely N-dealkylation sites (tertiary alicyclic amines) is 1. The van der Waals surface area contributed by atoms with Gasteiger partial charge in [-0.25, -0.2) is 0 Å². The average Bonchev–Trinajstić information content (AvgIpc) is 2.92. The largest absolute Gasteiger partial charge is 0.345 e. The van der Waals surface area contributed by atoms with Crippen molar-refractivity contribution >= 4 is 11.5 Å². The quantitative estimate of drug-likeness (QED) is 0.722. The third-order valence-electron chi connectivity index (χ3n) is 4.14. The van der Waals surface area contributed by atoms with E-state index in [2.05, 4.69) is 30.3 Å². The van der Waals surface area contributed by atoms with E-state index in [9.17, 15) is 4.79 Å². The first-order valence-corrected chi connectivity index (χ1v) is 6.21. The van der Waals surface area contributed by atoms with Crippen LogP contribution in [0.5, 0.6) is 0 Å². The third-order valence-corrected chi connectivity index (χ3v) is 4.14. The van der Waals surface area contributed by atoms with Crippen LogP contribution in [0.4, 0.5) is 0 Å². The molecule has 88 valence electrons. The van der Waals surface area contributed by atoms with Gasteiger partial charge in [-0.05, 0) is 30.4 Å². The van der Waals surface area contributed by atoms with Crippen LogP contribution in [0, 0.1) is 5.41 Å². The zero-order valence-corrected chi connectivity index (χ0v) is 10.1. The third kappa shape index (κ3) is 1.59. The van der Waals surface area contributed by atoms with E-state index >= 15 is 0 Å². The Bertz CT molecular complexity index is 477. The number of nitrogens with zero attached hydrogens (tertiary/aromatic N) is 1. The molecule has 1 aromatic rings. The Morgan fingerprint density at radius 1 is 1.24 bits per heavy atom. The Hall–Kier alpha value is -1.57. The second kappa shape index (κ2) is 3.73. The van der Waals surface area contributed by atoms with E-state index in [1.54, 1.807) is 0 Å². The van der Waals surface area contributed by atoms with E-state index in [1.807, 2.05) is 18.0 Å². The Labute approximate surface area is 102 Å². The molecular formula is C15H17NO. The van der Waals surface area contributed by atoms with E-state index < -0.39 is 0 Å². The van der Waals surface area contributed by atoms with Crippen LogP contribution in [0.15, 0.2) is 36.4 Å². The average molecular weight is 227 g/mol. The van der Waals surface area contributed by atoms with E-state index in [-0.39, 0.29) is 5.41 Å². The normalized spacial score (nSPS) is 27.9. The molecule has 1 saturated heterocycles. The van der Waals surface area contributed by atoms with Crippen LogP contribution in [0.3, 0.4) is 0 Å². The van der Waals surface area contributed by atoms with Gasteiger partial charge in [0.25, 0.3) is 0 Å². The molecule has 0 radical (unpaired) electrons. The minimum Gasteiger partial charge on any atom is -0.345 e. The summed E-state index contributed by atoms with van der Waals surface area (Å²) in [4.78, 5) is 14.1. The maximum Gasteiger partial charge on any atom is 0.229 e. The molecule has 1 amide bonds. The van der Waals surface area contributed by atoms with Crippen LogP contribution in [0.2, 0.25) is 0 Å². The lowest BCUT2D eigenvalue weighted by Gasteiger charge is -2.21. The Kier molecular flexibility index (Phi) is 2.32. The number of hydrogen-bond acceptors (Lipinski definition) is 1. The fourth-order valence-electron chi connectivity index (χ4n) is 3.05. The summed E-state index contributed by atoms with van der Waals surface area (Å²) in [7, 11) is 1.91. The van der Waals surface area contributed by atoms with Gasteiger partial charge < -0.3 is 4.90 Å². The van der Waals surface area contributed by atoms with Gasteiger partial charge in [-0.1, -0.05) is 36.4 Å². The van der Waals surface area contributed by atoms with E-state index in [0.717, 1.165) is 25.8 Å². The van der Waals surface area contributed by atoms with Crippen LogP contribution in [0.25, 0.3) is 5.57 Å². The van der Waals surface area contributed by atoms with Crippen molar-refractivity contribution in [3.05, 3.63) is 42.0 Å². The van der Waals surface area contributed by atoms with Gasteiger partial charge in [-0.2, -0.15) is 0 Å². The lowest BCUT2D eigenvalue weighted by Crippen LogP contribution is -2.30. The molecular weight excluding hydrogens is 210 g/mol. The summed E-state index contributed by atoms with van der Waals surface area (Å²) in [5.41, 5.74) is 2.50. The molecule has 1 atom stereocenters. The summed E-state index contributed by atoms with van der Waals surface area (Å²) in [5, 5.41) is 0. The van der Waals surface area contributed by atoms with Gasteiger partial charge in [-0.15, -0.1) is 0 Å². The number of rotatable bonds is 1. The van der Waals surface area contributed by atoms with Gasteiger partial charge in [-0.3, -0.25) is 4.79 Å². The first-order chi connectivity index (χ1) is 8.21. The Morgan fingerprint density at radius 2 is 2.00 bits per heavy atom. The molecule has 0 saturated carbocycles. The van der Waals surface area contributed by atoms with Crippen molar-refractivity contribution in [3.8, 4) is 0 Å². The van der Waals surface area contributed by atoms with Crippen molar-refractivity contribution in [2.24, 2.45) is 5.41 Å². The van der Waals surface area contributed by atoms with Crippen molar-refractivity contribution in [2.45, 2.75) is 19.3 Å². The molecule has 1 aromatic carbocycles. The topological polar surface area (TPSA) is 20.3 Å². The van der Waals surface area contributed by atoms with Crippen molar-refractivity contribution in [1.29, 1.82) is 0 Å². The smallest absolute Gasteiger partial charge is 0.229 e. The highest BCUT2D eigenvalue weighted by Crippen LogP contribution is 2.48. The van der Waals surface area contributed by atoms with Crippen LogP contribution in [-0.4, -0.2) is 24.4 Å². The second-order valence-electron chi connectivity index (χ2n) is 5.23. The number of allylic oxidation sites excluding steroid dienone is 2. The van der Waals surface area contributed by atoms with E-state index in [0.29, 0.717) is 5.91 Å². The minimum absolute atomic E-state index is 0.111. The van der Waals surface area contributed by atoms with Crippen LogP contribution < -0.4 is 0 Å². The van der Waals surface area contributed by atoms with E-state index in [4.69, 9.17) is 0 Å². The fraction of sp³-hybridized carbons (Fsp3) is 0.400. The lowest BCUT2D eigenvalue weighted by atomic mass is 9.82. The van der Waals surface area contributed by atoms with Crippen molar-refractivity contribution < 1.29 is 4.79 Å². The molecule has 1 spiro atoms. The summed E-state index contributed by atoms with van der Waals surface area (Å²) in [5.74, 6) is 0.333. The second-order valence-corrected chi connectivity index (χ2v) is 5.23. The minimum atomic E-state index is -0.111. The van der Waals surface area contributed by atoms with Crippen LogP contribution in [0.1, 0.15) is 24.8 Å². The van der Waals surface area contributed by atoms with Gasteiger partial charge in [0.2, 0.25) is 5.91 Å². The molecule has 1 aliphatic heterocycles. The molecule has 1 aliphatic carbocycles. The van der Waals surface area contributed by atoms with Gasteiger partial charge in [0.15, 0.2) is 0 Å². The summed E-state index contributed by atoms with van der Waals surface area (Å²) in [6.07, 6.45) is 5.10. The van der Waals surface area contributed by atoms with Crippen molar-refractivity contribution in [3.63, 3.8) is 0 Å². The lowest BCUT2D eigenvalue weighted by molar-refractivity contribution is -0.134. The zero-order valence-electron chi connectivity index (χ0n) is 10.1. The SMILES string of the molecule is CN1CCC2(CC=C(c3ccccc3)C2)C1=O. The van der Waals surface area contributed by atoms with Gasteiger partial charge in [0, 0.05) is 13.6 Å². The van der Waals surface area contributed by atoms with Crippen LogP contribution >= 0.6 is 0 Å². The summed E-state index contributed by atoms with van der Waals surface area (Å²) < 4.78 is 0. The van der Waals surface area contributed by atoms with E-state index in [1.165, 1.54) is 11.1 Å². The predicted octanol–water partition coefficient (Wildman–Crippen LogP) is 2.71. The van der Waals surface area contributed by atoms with Gasteiger partial charge in [0.05, 0.1) is 5.41 Å². The number of carbonyl (C=O) groups is 1. The predicted molar refractivity (Wildman–Crippen MR) is 68.3 cm³/mol. The highest BCUT2D eigenvalue weighted by Gasteiger charge is 2.47. The number of hydrogen-bond donors (Lipinski definition) is 0. The molecule has 0 N–H and O–H groups in total. The highest BCUT2D eigenvalue weighted by atomic mass is 16.2. The number of benzene rings is 1. The maximum atomic E-state index is 12.2. The summed E-state index contributed by atoms with van der Waals surface area (Å²) in [6, 6.07) is 10.4. The Morgan fingerprint density at radius 3 is 2.65 bits per heavy atom. The molecule has 0 aromatic heterocycles. The molecule has 3 rings (SSSR count). The van der Waals surface area contributed by atoms with Crippen molar-refractivity contribution in [1.82, 2.24) is 4.90 Å². The van der Waals surface area contributed by atoms with Gasteiger partial charge >= 0.3 is 0 Å². The fourth-order valence-corrected chi connectivity index (χ4v) is 3.05. The first-order valence-electron chi connectivity index (χ1n) is 6.21. The first kappa shape index (κ1) is 10.6. The number of amides is 1. The highest BCUT2D eigenvalue weighted by molar-refractivity contribution is 5.89.